The SMILES string of the molecule is BrCCOc1ccccc1-n1nc2ccccc2n1. The van der Waals surface area contributed by atoms with Gasteiger partial charge in [0.25, 0.3) is 0 Å². The van der Waals surface area contributed by atoms with E-state index >= 15 is 0 Å². The van der Waals surface area contributed by atoms with Gasteiger partial charge >= 0.3 is 0 Å². The highest BCUT2D eigenvalue weighted by molar-refractivity contribution is 9.09. The summed E-state index contributed by atoms with van der Waals surface area (Å²) in [6.07, 6.45) is 0. The van der Waals surface area contributed by atoms with Crippen molar-refractivity contribution in [1.29, 1.82) is 0 Å². The van der Waals surface area contributed by atoms with E-state index in [1.807, 2.05) is 48.5 Å². The molecule has 1 aromatic heterocycles. The second-order valence-electron chi connectivity index (χ2n) is 3.98. The first-order chi connectivity index (χ1) is 9.38. The van der Waals surface area contributed by atoms with E-state index in [0.29, 0.717) is 6.61 Å². The van der Waals surface area contributed by atoms with Crippen LogP contribution >= 0.6 is 15.9 Å². The van der Waals surface area contributed by atoms with E-state index in [1.165, 1.54) is 0 Å². The van der Waals surface area contributed by atoms with Crippen LogP contribution in [-0.4, -0.2) is 26.9 Å². The van der Waals surface area contributed by atoms with Gasteiger partial charge in [-0.15, -0.1) is 15.0 Å². The van der Waals surface area contributed by atoms with Crippen LogP contribution in [-0.2, 0) is 0 Å². The molecule has 4 nitrogen and oxygen atoms in total. The van der Waals surface area contributed by atoms with E-state index in [-0.39, 0.29) is 0 Å². The van der Waals surface area contributed by atoms with Gasteiger partial charge in [-0.25, -0.2) is 0 Å². The molecule has 2 aromatic carbocycles. The summed E-state index contributed by atoms with van der Waals surface area (Å²) in [6, 6.07) is 15.6. The van der Waals surface area contributed by atoms with Crippen molar-refractivity contribution in [3.05, 3.63) is 48.5 Å². The monoisotopic (exact) mass is 317 g/mol. The highest BCUT2D eigenvalue weighted by atomic mass is 79.9. The zero-order valence-corrected chi connectivity index (χ0v) is 11.7. The minimum Gasteiger partial charge on any atom is -0.490 e. The molecule has 0 radical (unpaired) electrons. The van der Waals surface area contributed by atoms with E-state index in [0.717, 1.165) is 27.8 Å². The summed E-state index contributed by atoms with van der Waals surface area (Å²) < 4.78 is 5.69. The van der Waals surface area contributed by atoms with Gasteiger partial charge in [-0.1, -0.05) is 40.2 Å². The molecule has 0 saturated carbocycles. The molecule has 0 aliphatic rings. The average molecular weight is 318 g/mol. The summed E-state index contributed by atoms with van der Waals surface area (Å²) in [4.78, 5) is 1.62. The summed E-state index contributed by atoms with van der Waals surface area (Å²) in [6.45, 7) is 0.609. The fraction of sp³-hybridized carbons (Fsp3) is 0.143. The number of hydrogen-bond acceptors (Lipinski definition) is 3. The maximum absolute atomic E-state index is 5.69. The Labute approximate surface area is 119 Å². The molecule has 0 saturated heterocycles. The lowest BCUT2D eigenvalue weighted by Crippen LogP contribution is -2.05. The Balaban J connectivity index is 2.05. The molecule has 0 atom stereocenters. The van der Waals surface area contributed by atoms with E-state index < -0.39 is 0 Å². The molecule has 0 N–H and O–H groups in total. The molecule has 0 aliphatic carbocycles. The standard InChI is InChI=1S/C14H12BrN3O/c15-9-10-19-14-8-4-3-7-13(14)18-16-11-5-1-2-6-12(11)17-18/h1-8H,9-10H2. The fourth-order valence-electron chi connectivity index (χ4n) is 1.86. The summed E-state index contributed by atoms with van der Waals surface area (Å²) >= 11 is 3.35. The second kappa shape index (κ2) is 5.40. The van der Waals surface area contributed by atoms with E-state index in [4.69, 9.17) is 4.74 Å². The van der Waals surface area contributed by atoms with Crippen LogP contribution in [0.25, 0.3) is 16.7 Å². The molecule has 0 bridgehead atoms. The highest BCUT2D eigenvalue weighted by Gasteiger charge is 2.09. The largest absolute Gasteiger partial charge is 0.490 e. The van der Waals surface area contributed by atoms with Crippen molar-refractivity contribution >= 4 is 27.0 Å². The molecule has 3 aromatic rings. The minimum atomic E-state index is 0.609. The summed E-state index contributed by atoms with van der Waals surface area (Å²) in [5, 5.41) is 9.72. The maximum Gasteiger partial charge on any atom is 0.146 e. The molecule has 19 heavy (non-hydrogen) atoms. The zero-order chi connectivity index (χ0) is 13.1. The van der Waals surface area contributed by atoms with Crippen LogP contribution < -0.4 is 4.74 Å². The number of benzene rings is 2. The molecule has 0 spiro atoms. The molecule has 96 valence electrons. The smallest absolute Gasteiger partial charge is 0.146 e. The third-order valence-electron chi connectivity index (χ3n) is 2.70. The van der Waals surface area contributed by atoms with Gasteiger partial charge < -0.3 is 4.74 Å². The van der Waals surface area contributed by atoms with Crippen LogP contribution in [0.2, 0.25) is 0 Å². The zero-order valence-electron chi connectivity index (χ0n) is 10.2. The minimum absolute atomic E-state index is 0.609. The van der Waals surface area contributed by atoms with Crippen molar-refractivity contribution in [2.75, 3.05) is 11.9 Å². The predicted molar refractivity (Wildman–Crippen MR) is 78.2 cm³/mol. The normalized spacial score (nSPS) is 10.8. The Morgan fingerprint density at radius 3 is 2.26 bits per heavy atom. The molecule has 0 aliphatic heterocycles. The first kappa shape index (κ1) is 12.2. The number of ether oxygens (including phenoxy) is 1. The Bertz CT molecular complexity index is 663. The molecule has 1 heterocycles. The van der Waals surface area contributed by atoms with Gasteiger partial charge in [0, 0.05) is 5.33 Å². The van der Waals surface area contributed by atoms with Crippen molar-refractivity contribution in [1.82, 2.24) is 15.0 Å². The van der Waals surface area contributed by atoms with Crippen LogP contribution in [0, 0.1) is 0 Å². The topological polar surface area (TPSA) is 39.9 Å². The maximum atomic E-state index is 5.69. The molecule has 0 amide bonds. The summed E-state index contributed by atoms with van der Waals surface area (Å²) in [7, 11) is 0. The Morgan fingerprint density at radius 1 is 0.947 bits per heavy atom. The number of hydrogen-bond donors (Lipinski definition) is 0. The Hall–Kier alpha value is -1.88. The number of para-hydroxylation sites is 2. The van der Waals surface area contributed by atoms with Crippen LogP contribution in [0.4, 0.5) is 0 Å². The second-order valence-corrected chi connectivity index (χ2v) is 4.78. The van der Waals surface area contributed by atoms with E-state index in [1.54, 1.807) is 4.80 Å². The highest BCUT2D eigenvalue weighted by Crippen LogP contribution is 2.22. The van der Waals surface area contributed by atoms with Crippen molar-refractivity contribution < 1.29 is 4.74 Å². The predicted octanol–water partition coefficient (Wildman–Crippen LogP) is 3.19. The van der Waals surface area contributed by atoms with Gasteiger partial charge in [0.2, 0.25) is 0 Å². The van der Waals surface area contributed by atoms with Gasteiger partial charge in [-0.05, 0) is 24.3 Å². The lowest BCUT2D eigenvalue weighted by molar-refractivity contribution is 0.342. The van der Waals surface area contributed by atoms with Gasteiger partial charge in [-0.3, -0.25) is 0 Å². The van der Waals surface area contributed by atoms with E-state index in [9.17, 15) is 0 Å². The molecular formula is C14H12BrN3O. The Morgan fingerprint density at radius 2 is 1.58 bits per heavy atom. The van der Waals surface area contributed by atoms with Crippen molar-refractivity contribution in [3.63, 3.8) is 0 Å². The lowest BCUT2D eigenvalue weighted by Gasteiger charge is -2.08. The number of aromatic nitrogens is 3. The van der Waals surface area contributed by atoms with E-state index in [2.05, 4.69) is 26.1 Å². The van der Waals surface area contributed by atoms with Gasteiger partial charge in [-0.2, -0.15) is 0 Å². The lowest BCUT2D eigenvalue weighted by atomic mass is 10.3. The molecule has 3 rings (SSSR count). The number of nitrogens with zero attached hydrogens (tertiary/aromatic N) is 3. The summed E-state index contributed by atoms with van der Waals surface area (Å²) in [5.41, 5.74) is 2.59. The third-order valence-corrected chi connectivity index (χ3v) is 3.03. The Kier molecular flexibility index (Phi) is 3.46. The molecular weight excluding hydrogens is 306 g/mol. The fourth-order valence-corrected chi connectivity index (χ4v) is 2.02. The number of fused-ring (bicyclic) bond motifs is 1. The average Bonchev–Trinajstić information content (AvgIpc) is 2.89. The van der Waals surface area contributed by atoms with Crippen molar-refractivity contribution in [2.24, 2.45) is 0 Å². The van der Waals surface area contributed by atoms with Crippen LogP contribution in [0.1, 0.15) is 0 Å². The first-order valence-corrected chi connectivity index (χ1v) is 7.11. The number of rotatable bonds is 4. The van der Waals surface area contributed by atoms with Gasteiger partial charge in [0.15, 0.2) is 0 Å². The number of halogens is 1. The van der Waals surface area contributed by atoms with Crippen LogP contribution in [0.5, 0.6) is 5.75 Å². The third kappa shape index (κ3) is 2.46. The molecule has 0 unspecified atom stereocenters. The van der Waals surface area contributed by atoms with Gasteiger partial charge in [0.05, 0.1) is 6.61 Å². The molecule has 0 fully saturated rings. The van der Waals surface area contributed by atoms with Crippen molar-refractivity contribution in [3.8, 4) is 11.4 Å². The first-order valence-electron chi connectivity index (χ1n) is 5.99. The quantitative estimate of drug-likeness (QED) is 0.694. The van der Waals surface area contributed by atoms with Crippen LogP contribution in [0.15, 0.2) is 48.5 Å². The van der Waals surface area contributed by atoms with Crippen molar-refractivity contribution in [2.45, 2.75) is 0 Å². The van der Waals surface area contributed by atoms with Crippen LogP contribution in [0.3, 0.4) is 0 Å². The summed E-state index contributed by atoms with van der Waals surface area (Å²) in [5.74, 6) is 0.780. The number of alkyl halides is 1. The van der Waals surface area contributed by atoms with Gasteiger partial charge in [0.1, 0.15) is 22.5 Å². The molecule has 5 heteroatoms.